The van der Waals surface area contributed by atoms with Crippen molar-refractivity contribution in [3.8, 4) is 11.5 Å². The molecule has 0 spiro atoms. The van der Waals surface area contributed by atoms with Gasteiger partial charge in [-0.05, 0) is 61.4 Å². The van der Waals surface area contributed by atoms with Crippen molar-refractivity contribution in [3.05, 3.63) is 82.4 Å². The lowest BCUT2D eigenvalue weighted by molar-refractivity contribution is 0.0789. The molecule has 0 bridgehead atoms. The number of benzene rings is 3. The number of amides is 1. The summed E-state index contributed by atoms with van der Waals surface area (Å²) < 4.78 is 40.1. The van der Waals surface area contributed by atoms with Crippen LogP contribution in [0.3, 0.4) is 0 Å². The number of anilines is 1. The highest BCUT2D eigenvalue weighted by atomic mass is 35.5. The molecule has 7 nitrogen and oxygen atoms in total. The molecule has 3 aromatic rings. The molecule has 1 amide bonds. The van der Waals surface area contributed by atoms with Gasteiger partial charge in [-0.25, -0.2) is 8.42 Å². The topological polar surface area (TPSA) is 93.7 Å². The molecule has 0 unspecified atom stereocenters. The largest absolute Gasteiger partial charge is 0.486 e. The Morgan fingerprint density at radius 3 is 2.61 bits per heavy atom. The Kier molecular flexibility index (Phi) is 6.49. The summed E-state index contributed by atoms with van der Waals surface area (Å²) in [5, 5.41) is 2.78. The summed E-state index contributed by atoms with van der Waals surface area (Å²) >= 11 is 6.18. The minimum atomic E-state index is -4.01. The number of hydrogen-bond donors (Lipinski definition) is 2. The SMILES string of the molecule is Cc1cccc(NS(=O)(=O)c2cc(C(=O)NC[C@H]3COc4ccccc4O3)ccc2Cl)c1C. The number of para-hydroxylation sites is 2. The van der Waals surface area contributed by atoms with E-state index < -0.39 is 15.9 Å². The predicted octanol–water partition coefficient (Wildman–Crippen LogP) is 4.33. The molecule has 0 radical (unpaired) electrons. The maximum Gasteiger partial charge on any atom is 0.263 e. The van der Waals surface area contributed by atoms with Crippen molar-refractivity contribution in [3.63, 3.8) is 0 Å². The summed E-state index contributed by atoms with van der Waals surface area (Å²) in [5.41, 5.74) is 2.38. The first-order valence-corrected chi connectivity index (χ1v) is 12.2. The molecule has 0 aromatic heterocycles. The average Bonchev–Trinajstić information content (AvgIpc) is 2.80. The fraction of sp³-hybridized carbons (Fsp3) is 0.208. The van der Waals surface area contributed by atoms with E-state index in [0.717, 1.165) is 11.1 Å². The summed E-state index contributed by atoms with van der Waals surface area (Å²) in [4.78, 5) is 12.5. The standard InChI is InChI=1S/C24H23ClN2O5S/c1-15-6-5-7-20(16(15)2)27-33(29,30)23-12-17(10-11-19(23)25)24(28)26-13-18-14-31-21-8-3-4-9-22(21)32-18/h3-12,18,27H,13-14H2,1-2H3,(H,26,28)/t18-/m0/s1. The van der Waals surface area contributed by atoms with E-state index in [1.165, 1.54) is 18.2 Å². The molecule has 0 saturated heterocycles. The van der Waals surface area contributed by atoms with E-state index >= 15 is 0 Å². The van der Waals surface area contributed by atoms with Gasteiger partial charge in [0.2, 0.25) is 0 Å². The van der Waals surface area contributed by atoms with Gasteiger partial charge in [-0.1, -0.05) is 35.9 Å². The van der Waals surface area contributed by atoms with Crippen molar-refractivity contribution >= 4 is 33.2 Å². The molecule has 2 N–H and O–H groups in total. The number of hydrogen-bond acceptors (Lipinski definition) is 5. The van der Waals surface area contributed by atoms with E-state index in [9.17, 15) is 13.2 Å². The first-order valence-electron chi connectivity index (χ1n) is 10.3. The van der Waals surface area contributed by atoms with Gasteiger partial charge < -0.3 is 14.8 Å². The van der Waals surface area contributed by atoms with E-state index in [-0.39, 0.29) is 34.7 Å². The lowest BCUT2D eigenvalue weighted by atomic mass is 10.1. The zero-order valence-electron chi connectivity index (χ0n) is 18.1. The minimum Gasteiger partial charge on any atom is -0.486 e. The number of sulfonamides is 1. The number of halogens is 1. The Labute approximate surface area is 197 Å². The normalized spacial score (nSPS) is 15.1. The van der Waals surface area contributed by atoms with Crippen LogP contribution in [0.4, 0.5) is 5.69 Å². The molecule has 0 saturated carbocycles. The number of carbonyl (C=O) groups excluding carboxylic acids is 1. The second-order valence-electron chi connectivity index (χ2n) is 7.71. The van der Waals surface area contributed by atoms with Crippen molar-refractivity contribution in [2.45, 2.75) is 24.8 Å². The number of carbonyl (C=O) groups is 1. The molecule has 4 rings (SSSR count). The molecule has 172 valence electrons. The van der Waals surface area contributed by atoms with Gasteiger partial charge in [-0.2, -0.15) is 0 Å². The number of nitrogens with one attached hydrogen (secondary N) is 2. The quantitative estimate of drug-likeness (QED) is 0.541. The number of aryl methyl sites for hydroxylation is 1. The highest BCUT2D eigenvalue weighted by Gasteiger charge is 2.24. The van der Waals surface area contributed by atoms with Gasteiger partial charge in [0.1, 0.15) is 17.6 Å². The third-order valence-electron chi connectivity index (χ3n) is 5.39. The van der Waals surface area contributed by atoms with E-state index in [4.69, 9.17) is 21.1 Å². The second kappa shape index (κ2) is 9.33. The molecule has 1 aliphatic rings. The zero-order chi connectivity index (χ0) is 23.6. The van der Waals surface area contributed by atoms with Crippen molar-refractivity contribution in [2.75, 3.05) is 17.9 Å². The lowest BCUT2D eigenvalue weighted by Crippen LogP contribution is -2.40. The summed E-state index contributed by atoms with van der Waals surface area (Å²) in [6.07, 6.45) is -0.370. The fourth-order valence-corrected chi connectivity index (χ4v) is 5.03. The van der Waals surface area contributed by atoms with Crippen LogP contribution in [0.1, 0.15) is 21.5 Å². The first kappa shape index (κ1) is 22.9. The van der Waals surface area contributed by atoms with Gasteiger partial charge in [0.05, 0.1) is 17.3 Å². The molecular formula is C24H23ClN2O5S. The van der Waals surface area contributed by atoms with Crippen molar-refractivity contribution in [1.29, 1.82) is 0 Å². The Hall–Kier alpha value is -3.23. The van der Waals surface area contributed by atoms with Gasteiger partial charge in [-0.3, -0.25) is 9.52 Å². The summed E-state index contributed by atoms with van der Waals surface area (Å²) in [6, 6.07) is 16.8. The number of ether oxygens (including phenoxy) is 2. The second-order valence-corrected chi connectivity index (χ2v) is 9.76. The zero-order valence-corrected chi connectivity index (χ0v) is 19.7. The number of rotatable bonds is 6. The summed E-state index contributed by atoms with van der Waals surface area (Å²) in [7, 11) is -4.01. The monoisotopic (exact) mass is 486 g/mol. The molecule has 1 aliphatic heterocycles. The van der Waals surface area contributed by atoms with Crippen LogP contribution >= 0.6 is 11.6 Å². The van der Waals surface area contributed by atoms with Crippen molar-refractivity contribution < 1.29 is 22.7 Å². The van der Waals surface area contributed by atoms with Gasteiger partial charge in [0, 0.05) is 5.56 Å². The average molecular weight is 487 g/mol. The molecule has 3 aromatic carbocycles. The third kappa shape index (κ3) is 5.07. The van der Waals surface area contributed by atoms with Crippen molar-refractivity contribution in [2.24, 2.45) is 0 Å². The smallest absolute Gasteiger partial charge is 0.263 e. The Morgan fingerprint density at radius 2 is 1.82 bits per heavy atom. The van der Waals surface area contributed by atoms with Crippen LogP contribution in [0, 0.1) is 13.8 Å². The van der Waals surface area contributed by atoms with Crippen LogP contribution in [-0.2, 0) is 10.0 Å². The van der Waals surface area contributed by atoms with Gasteiger partial charge in [0.25, 0.3) is 15.9 Å². The maximum atomic E-state index is 13.0. The van der Waals surface area contributed by atoms with Crippen molar-refractivity contribution in [1.82, 2.24) is 5.32 Å². The molecule has 0 aliphatic carbocycles. The Morgan fingerprint density at radius 1 is 1.06 bits per heavy atom. The highest BCUT2D eigenvalue weighted by molar-refractivity contribution is 7.92. The minimum absolute atomic E-state index is 0.0185. The van der Waals surface area contributed by atoms with Crippen LogP contribution in [0.2, 0.25) is 5.02 Å². The maximum absolute atomic E-state index is 13.0. The Balaban J connectivity index is 1.47. The first-order chi connectivity index (χ1) is 15.7. The van der Waals surface area contributed by atoms with Gasteiger partial charge in [0.15, 0.2) is 11.5 Å². The van der Waals surface area contributed by atoms with Gasteiger partial charge >= 0.3 is 0 Å². The van der Waals surface area contributed by atoms with Crippen LogP contribution in [0.25, 0.3) is 0 Å². The molecule has 1 atom stereocenters. The highest BCUT2D eigenvalue weighted by Crippen LogP contribution is 2.31. The molecule has 0 fully saturated rings. The van der Waals surface area contributed by atoms with Crippen LogP contribution in [0.15, 0.2) is 65.6 Å². The van der Waals surface area contributed by atoms with E-state index in [1.54, 1.807) is 18.2 Å². The molecule has 33 heavy (non-hydrogen) atoms. The number of fused-ring (bicyclic) bond motifs is 1. The van der Waals surface area contributed by atoms with Crippen LogP contribution < -0.4 is 19.5 Å². The van der Waals surface area contributed by atoms with E-state index in [2.05, 4.69) is 10.0 Å². The van der Waals surface area contributed by atoms with Crippen LogP contribution in [0.5, 0.6) is 11.5 Å². The summed E-state index contributed by atoms with van der Waals surface area (Å²) in [6.45, 7) is 4.20. The third-order valence-corrected chi connectivity index (χ3v) is 7.24. The molecular weight excluding hydrogens is 464 g/mol. The summed E-state index contributed by atoms with van der Waals surface area (Å²) in [5.74, 6) is 0.821. The molecule has 9 heteroatoms. The molecule has 1 heterocycles. The lowest BCUT2D eigenvalue weighted by Gasteiger charge is -2.26. The fourth-order valence-electron chi connectivity index (χ4n) is 3.38. The van der Waals surface area contributed by atoms with Crippen LogP contribution in [-0.4, -0.2) is 33.6 Å². The van der Waals surface area contributed by atoms with Gasteiger partial charge in [-0.15, -0.1) is 0 Å². The Bertz CT molecular complexity index is 1310. The van der Waals surface area contributed by atoms with E-state index in [1.807, 2.05) is 38.1 Å². The predicted molar refractivity (Wildman–Crippen MR) is 127 cm³/mol. The van der Waals surface area contributed by atoms with E-state index in [0.29, 0.717) is 17.2 Å².